The first-order valence-electron chi connectivity index (χ1n) is 12.3. The number of carboxylic acid groups (broad SMARTS) is 1. The molecule has 4 fully saturated rings. The van der Waals surface area contributed by atoms with E-state index in [-0.39, 0.29) is 87.4 Å². The Balaban J connectivity index is 0.00000267. The normalized spacial score (nSPS) is 30.5. The number of carbonyl (C=O) groups is 4. The van der Waals surface area contributed by atoms with Gasteiger partial charge in [-0.15, -0.1) is 0 Å². The number of imide groups is 1. The van der Waals surface area contributed by atoms with Crippen LogP contribution in [0.25, 0.3) is 0 Å². The minimum absolute atomic E-state index is 0. The van der Waals surface area contributed by atoms with Gasteiger partial charge < -0.3 is 15.2 Å². The molecule has 7 rings (SSSR count). The van der Waals surface area contributed by atoms with Crippen LogP contribution in [-0.4, -0.2) is 40.2 Å². The van der Waals surface area contributed by atoms with Crippen LogP contribution < -0.4 is 61.8 Å². The van der Waals surface area contributed by atoms with E-state index in [4.69, 9.17) is 0 Å². The van der Waals surface area contributed by atoms with Crippen molar-refractivity contribution in [3.63, 3.8) is 0 Å². The molecule has 4 saturated carbocycles. The van der Waals surface area contributed by atoms with Crippen molar-refractivity contribution < 1.29 is 75.7 Å². The molecule has 0 saturated heterocycles. The number of nitrogens with zero attached hydrogens (tertiary/aromatic N) is 1. The molecule has 8 heteroatoms. The maximum atomic E-state index is 13.7. The van der Waals surface area contributed by atoms with Gasteiger partial charge in [-0.2, -0.15) is 0 Å². The first-order chi connectivity index (χ1) is 16.8. The summed E-state index contributed by atoms with van der Waals surface area (Å²) in [5.41, 5.74) is 0.155. The molecule has 7 nitrogen and oxygen atoms in total. The zero-order valence-electron chi connectivity index (χ0n) is 20.4. The Morgan fingerprint density at radius 2 is 1.47 bits per heavy atom. The van der Waals surface area contributed by atoms with Gasteiger partial charge in [0, 0.05) is 0 Å². The fraction of sp³-hybridized carbons (Fsp3) is 0.429. The molecule has 36 heavy (non-hydrogen) atoms. The number of carbonyl (C=O) groups excluding carboxylic acids is 4. The topological polar surface area (TPSA) is 107 Å². The molecule has 4 bridgehead atoms. The van der Waals surface area contributed by atoms with Gasteiger partial charge in [0.15, 0.2) is 0 Å². The van der Waals surface area contributed by atoms with E-state index in [1.807, 2.05) is 30.3 Å². The van der Waals surface area contributed by atoms with Gasteiger partial charge in [0.05, 0.1) is 34.1 Å². The van der Waals surface area contributed by atoms with Crippen molar-refractivity contribution in [2.45, 2.75) is 56.5 Å². The van der Waals surface area contributed by atoms with Gasteiger partial charge >= 0.3 is 51.4 Å². The summed E-state index contributed by atoms with van der Waals surface area (Å²) in [6.07, 6.45) is 4.23. The number of hydrogen-bond acceptors (Lipinski definition) is 5. The SMILES string of the molecule is O=C([O-])[C@H](Cc1ccccc1)NC(=O)C12CC3CC(C1)CC(N1C(=O)c4ccccc4C1=O)(C3)C2.[K+]. The third kappa shape index (κ3) is 4.11. The number of benzene rings is 2. The molecule has 2 aromatic rings. The molecule has 0 aromatic heterocycles. The Kier molecular flexibility index (Phi) is 6.79. The number of fused-ring (bicyclic) bond motifs is 1. The molecule has 1 N–H and O–H groups in total. The third-order valence-electron chi connectivity index (χ3n) is 8.65. The first kappa shape index (κ1) is 25.8. The Morgan fingerprint density at radius 1 is 0.917 bits per heavy atom. The molecule has 0 spiro atoms. The maximum absolute atomic E-state index is 13.7. The molecular formula is C28H27KN2O5. The molecule has 180 valence electrons. The molecule has 3 atom stereocenters. The summed E-state index contributed by atoms with van der Waals surface area (Å²) in [7, 11) is 0. The van der Waals surface area contributed by atoms with Crippen molar-refractivity contribution in [3.8, 4) is 0 Å². The largest absolute Gasteiger partial charge is 1.00 e. The third-order valence-corrected chi connectivity index (χ3v) is 8.65. The first-order valence-corrected chi connectivity index (χ1v) is 12.3. The Bertz CT molecular complexity index is 1200. The van der Waals surface area contributed by atoms with Crippen LogP contribution in [0.1, 0.15) is 64.8 Å². The van der Waals surface area contributed by atoms with E-state index in [0.717, 1.165) is 12.0 Å². The predicted molar refractivity (Wildman–Crippen MR) is 124 cm³/mol. The number of rotatable bonds is 6. The molecule has 3 amide bonds. The van der Waals surface area contributed by atoms with E-state index in [1.54, 1.807) is 24.3 Å². The average Bonchev–Trinajstić information content (AvgIpc) is 3.09. The maximum Gasteiger partial charge on any atom is 1.00 e. The van der Waals surface area contributed by atoms with Crippen LogP contribution in [-0.2, 0) is 16.0 Å². The monoisotopic (exact) mass is 510 g/mol. The van der Waals surface area contributed by atoms with Gasteiger partial charge in [0.2, 0.25) is 5.91 Å². The van der Waals surface area contributed by atoms with Gasteiger partial charge in [0.25, 0.3) is 11.8 Å². The van der Waals surface area contributed by atoms with Crippen molar-refractivity contribution in [1.29, 1.82) is 0 Å². The number of hydrogen-bond donors (Lipinski definition) is 1. The van der Waals surface area contributed by atoms with Gasteiger partial charge in [-0.3, -0.25) is 19.3 Å². The minimum Gasteiger partial charge on any atom is -0.548 e. The van der Waals surface area contributed by atoms with Crippen molar-refractivity contribution in [1.82, 2.24) is 10.2 Å². The van der Waals surface area contributed by atoms with E-state index < -0.39 is 23.0 Å². The molecule has 5 aliphatic rings. The number of aliphatic carboxylic acids is 1. The molecule has 1 aliphatic heterocycles. The Morgan fingerprint density at radius 3 is 2.03 bits per heavy atom. The Labute approximate surface area is 252 Å². The van der Waals surface area contributed by atoms with Crippen molar-refractivity contribution >= 4 is 23.7 Å². The second kappa shape index (κ2) is 9.47. The zero-order chi connectivity index (χ0) is 24.4. The molecule has 2 unspecified atom stereocenters. The summed E-state index contributed by atoms with van der Waals surface area (Å²) in [5.74, 6) is -1.72. The van der Waals surface area contributed by atoms with Gasteiger partial charge in [-0.25, -0.2) is 0 Å². The second-order valence-corrected chi connectivity index (χ2v) is 11.0. The summed E-state index contributed by atoms with van der Waals surface area (Å²) < 4.78 is 0. The quantitative estimate of drug-likeness (QED) is 0.401. The van der Waals surface area contributed by atoms with E-state index in [1.165, 1.54) is 4.90 Å². The molecule has 4 aliphatic carbocycles. The van der Waals surface area contributed by atoms with Crippen LogP contribution in [0, 0.1) is 17.3 Å². The van der Waals surface area contributed by atoms with E-state index in [9.17, 15) is 24.3 Å². The zero-order valence-corrected chi connectivity index (χ0v) is 23.5. The molecule has 1 heterocycles. The van der Waals surface area contributed by atoms with Crippen molar-refractivity contribution in [2.24, 2.45) is 17.3 Å². The van der Waals surface area contributed by atoms with E-state index in [0.29, 0.717) is 43.2 Å². The number of nitrogens with one attached hydrogen (secondary N) is 1. The summed E-state index contributed by atoms with van der Waals surface area (Å²) in [6, 6.07) is 14.9. The van der Waals surface area contributed by atoms with Gasteiger partial charge in [-0.05, 0) is 74.5 Å². The smallest absolute Gasteiger partial charge is 0.548 e. The fourth-order valence-corrected chi connectivity index (χ4v) is 7.72. The number of carboxylic acids is 1. The summed E-state index contributed by atoms with van der Waals surface area (Å²) in [5, 5.41) is 14.7. The van der Waals surface area contributed by atoms with Crippen LogP contribution in [0.4, 0.5) is 0 Å². The molecule has 2 aromatic carbocycles. The minimum atomic E-state index is -1.32. The van der Waals surface area contributed by atoms with Crippen molar-refractivity contribution in [2.75, 3.05) is 0 Å². The predicted octanol–water partition coefficient (Wildman–Crippen LogP) is -0.897. The Hall–Kier alpha value is -1.84. The van der Waals surface area contributed by atoms with Crippen LogP contribution in [0.2, 0.25) is 0 Å². The summed E-state index contributed by atoms with van der Waals surface area (Å²) in [6.45, 7) is 0. The van der Waals surface area contributed by atoms with Crippen LogP contribution in [0.15, 0.2) is 54.6 Å². The molecule has 0 radical (unpaired) electrons. The van der Waals surface area contributed by atoms with Crippen LogP contribution in [0.5, 0.6) is 0 Å². The van der Waals surface area contributed by atoms with Crippen LogP contribution in [0.3, 0.4) is 0 Å². The van der Waals surface area contributed by atoms with E-state index in [2.05, 4.69) is 5.32 Å². The number of amides is 3. The second-order valence-electron chi connectivity index (χ2n) is 11.0. The van der Waals surface area contributed by atoms with Gasteiger partial charge in [0.1, 0.15) is 0 Å². The molecular weight excluding hydrogens is 483 g/mol. The van der Waals surface area contributed by atoms with Crippen molar-refractivity contribution in [3.05, 3.63) is 71.3 Å². The van der Waals surface area contributed by atoms with E-state index >= 15 is 0 Å². The van der Waals surface area contributed by atoms with Gasteiger partial charge in [-0.1, -0.05) is 42.5 Å². The standard InChI is InChI=1S/C28H28N2O5.K/c31-23-20-8-4-5-9-21(20)24(32)30(23)28-14-18-10-19(15-28)13-27(12-18,16-28)26(35)29-22(25(33)34)11-17-6-2-1-3-7-17;/h1-9,18-19,22H,10-16H2,(H,29,35)(H,33,34);/q;+1/p-1/t18?,19?,22-,27?,28?;/m0./s1. The fourth-order valence-electron chi connectivity index (χ4n) is 7.72. The average molecular weight is 511 g/mol. The van der Waals surface area contributed by atoms with Crippen LogP contribution >= 0.6 is 0 Å². The summed E-state index contributed by atoms with van der Waals surface area (Å²) >= 11 is 0. The summed E-state index contributed by atoms with van der Waals surface area (Å²) in [4.78, 5) is 53.9.